The van der Waals surface area contributed by atoms with Gasteiger partial charge in [0.2, 0.25) is 0 Å². The van der Waals surface area contributed by atoms with E-state index >= 15 is 0 Å². The van der Waals surface area contributed by atoms with Gasteiger partial charge in [0.15, 0.2) is 0 Å². The van der Waals surface area contributed by atoms with Gasteiger partial charge in [-0.05, 0) is 31.7 Å². The van der Waals surface area contributed by atoms with Gasteiger partial charge >= 0.3 is 0 Å². The second-order valence-electron chi connectivity index (χ2n) is 4.86. The number of carbonyl (C=O) groups excluding carboxylic acids is 1. The van der Waals surface area contributed by atoms with Crippen LogP contribution < -0.4 is 16.4 Å². The molecule has 1 fully saturated rings. The van der Waals surface area contributed by atoms with Crippen LogP contribution in [0.2, 0.25) is 0 Å². The van der Waals surface area contributed by atoms with Crippen LogP contribution in [0.15, 0.2) is 12.3 Å². The number of nitrogen functional groups attached to an aromatic ring is 1. The molecule has 1 aromatic heterocycles. The highest BCUT2D eigenvalue weighted by Gasteiger charge is 2.26. The molecular formula is C13H20N4O2. The second kappa shape index (κ2) is 5.88. The molecule has 0 bridgehead atoms. The van der Waals surface area contributed by atoms with E-state index in [-0.39, 0.29) is 12.6 Å². The Bertz CT molecular complexity index is 462. The van der Waals surface area contributed by atoms with Crippen LogP contribution in [0.25, 0.3) is 0 Å². The third kappa shape index (κ3) is 2.96. The zero-order valence-electron chi connectivity index (χ0n) is 10.9. The summed E-state index contributed by atoms with van der Waals surface area (Å²) in [7, 11) is 0. The molecule has 2 rings (SSSR count). The van der Waals surface area contributed by atoms with Crippen molar-refractivity contribution >= 4 is 17.4 Å². The van der Waals surface area contributed by atoms with Crippen molar-refractivity contribution in [3.05, 3.63) is 17.8 Å². The summed E-state index contributed by atoms with van der Waals surface area (Å²) in [4.78, 5) is 17.9. The quantitative estimate of drug-likeness (QED) is 0.734. The highest BCUT2D eigenvalue weighted by molar-refractivity contribution is 5.98. The lowest BCUT2D eigenvalue weighted by Gasteiger charge is -2.37. The standard InChI is InChI=1S/C13H20N4O2/c14-9-7-11(12(15)19)13(16-8-9)17-5-2-1-3-10(17)4-6-18/h7-8,10,18H,1-6,14H2,(H2,15,19). The van der Waals surface area contributed by atoms with E-state index in [9.17, 15) is 4.79 Å². The van der Waals surface area contributed by atoms with Crippen LogP contribution in [0.3, 0.4) is 0 Å². The number of piperidine rings is 1. The van der Waals surface area contributed by atoms with E-state index in [1.54, 1.807) is 6.07 Å². The Hall–Kier alpha value is -1.82. The predicted octanol–water partition coefficient (Wildman–Crippen LogP) is 0.504. The average Bonchev–Trinajstić information content (AvgIpc) is 2.40. The highest BCUT2D eigenvalue weighted by atomic mass is 16.3. The van der Waals surface area contributed by atoms with E-state index in [4.69, 9.17) is 16.6 Å². The molecule has 0 aromatic carbocycles. The fourth-order valence-corrected chi connectivity index (χ4v) is 2.61. The maximum Gasteiger partial charge on any atom is 0.252 e. The number of aliphatic hydroxyl groups excluding tert-OH is 1. The SMILES string of the molecule is NC(=O)c1cc(N)cnc1N1CCCCC1CCO. The smallest absolute Gasteiger partial charge is 0.252 e. The van der Waals surface area contributed by atoms with Crippen molar-refractivity contribution in [2.24, 2.45) is 5.73 Å². The molecule has 6 nitrogen and oxygen atoms in total. The summed E-state index contributed by atoms with van der Waals surface area (Å²) in [5, 5.41) is 9.15. The first-order valence-electron chi connectivity index (χ1n) is 6.56. The van der Waals surface area contributed by atoms with E-state index in [2.05, 4.69) is 9.88 Å². The Morgan fingerprint density at radius 1 is 1.53 bits per heavy atom. The lowest BCUT2D eigenvalue weighted by atomic mass is 9.99. The number of nitrogens with two attached hydrogens (primary N) is 2. The Morgan fingerprint density at radius 2 is 2.32 bits per heavy atom. The van der Waals surface area contributed by atoms with Crippen molar-refractivity contribution in [2.45, 2.75) is 31.7 Å². The van der Waals surface area contributed by atoms with Gasteiger partial charge in [-0.3, -0.25) is 4.79 Å². The van der Waals surface area contributed by atoms with Crippen LogP contribution in [-0.4, -0.2) is 35.2 Å². The van der Waals surface area contributed by atoms with E-state index in [1.165, 1.54) is 6.20 Å². The molecule has 1 aliphatic rings. The van der Waals surface area contributed by atoms with Crippen molar-refractivity contribution in [2.75, 3.05) is 23.8 Å². The normalized spacial score (nSPS) is 19.4. The Balaban J connectivity index is 2.35. The van der Waals surface area contributed by atoms with E-state index in [0.29, 0.717) is 23.5 Å². The van der Waals surface area contributed by atoms with Crippen LogP contribution in [0, 0.1) is 0 Å². The summed E-state index contributed by atoms with van der Waals surface area (Å²) >= 11 is 0. The Kier molecular flexibility index (Phi) is 4.21. The molecule has 19 heavy (non-hydrogen) atoms. The predicted molar refractivity (Wildman–Crippen MR) is 73.9 cm³/mol. The Morgan fingerprint density at radius 3 is 3.00 bits per heavy atom. The molecule has 0 saturated carbocycles. The Labute approximate surface area is 112 Å². The minimum atomic E-state index is -0.525. The lowest BCUT2D eigenvalue weighted by molar-refractivity contribution is 0.100. The van der Waals surface area contributed by atoms with Crippen LogP contribution in [0.4, 0.5) is 11.5 Å². The first-order valence-corrected chi connectivity index (χ1v) is 6.56. The van der Waals surface area contributed by atoms with E-state index in [0.717, 1.165) is 25.8 Å². The van der Waals surface area contributed by atoms with Gasteiger partial charge in [-0.1, -0.05) is 0 Å². The number of pyridine rings is 1. The summed E-state index contributed by atoms with van der Waals surface area (Å²) in [5.41, 5.74) is 11.8. The number of hydrogen-bond donors (Lipinski definition) is 3. The topological polar surface area (TPSA) is 105 Å². The maximum absolute atomic E-state index is 11.5. The molecule has 1 unspecified atom stereocenters. The molecule has 1 aromatic rings. The van der Waals surface area contributed by atoms with Crippen molar-refractivity contribution in [3.8, 4) is 0 Å². The summed E-state index contributed by atoms with van der Waals surface area (Å²) in [6.07, 6.45) is 5.37. The van der Waals surface area contributed by atoms with Crippen molar-refractivity contribution in [3.63, 3.8) is 0 Å². The molecule has 5 N–H and O–H groups in total. The first kappa shape index (κ1) is 13.6. The van der Waals surface area contributed by atoms with Gasteiger partial charge in [-0.15, -0.1) is 0 Å². The van der Waals surface area contributed by atoms with E-state index in [1.807, 2.05) is 0 Å². The third-order valence-electron chi connectivity index (χ3n) is 3.51. The number of amides is 1. The zero-order valence-corrected chi connectivity index (χ0v) is 10.9. The lowest BCUT2D eigenvalue weighted by Crippen LogP contribution is -2.41. The summed E-state index contributed by atoms with van der Waals surface area (Å²) in [6, 6.07) is 1.77. The molecule has 1 atom stereocenters. The molecule has 0 spiro atoms. The zero-order chi connectivity index (χ0) is 13.8. The summed E-state index contributed by atoms with van der Waals surface area (Å²) in [6.45, 7) is 0.948. The maximum atomic E-state index is 11.5. The number of aliphatic hydroxyl groups is 1. The van der Waals surface area contributed by atoms with Gasteiger partial charge in [-0.2, -0.15) is 0 Å². The van der Waals surface area contributed by atoms with Gasteiger partial charge in [0, 0.05) is 19.2 Å². The van der Waals surface area contributed by atoms with Crippen molar-refractivity contribution < 1.29 is 9.90 Å². The fourth-order valence-electron chi connectivity index (χ4n) is 2.61. The van der Waals surface area contributed by atoms with Gasteiger partial charge in [0.05, 0.1) is 17.4 Å². The number of aromatic nitrogens is 1. The van der Waals surface area contributed by atoms with Crippen LogP contribution in [0.5, 0.6) is 0 Å². The van der Waals surface area contributed by atoms with Gasteiger partial charge < -0.3 is 21.5 Å². The largest absolute Gasteiger partial charge is 0.397 e. The number of primary amides is 1. The fraction of sp³-hybridized carbons (Fsp3) is 0.538. The van der Waals surface area contributed by atoms with Crippen LogP contribution >= 0.6 is 0 Å². The van der Waals surface area contributed by atoms with Gasteiger partial charge in [0.25, 0.3) is 5.91 Å². The molecule has 1 aliphatic heterocycles. The van der Waals surface area contributed by atoms with Crippen LogP contribution in [-0.2, 0) is 0 Å². The minimum absolute atomic E-state index is 0.127. The molecule has 2 heterocycles. The number of carbonyl (C=O) groups is 1. The third-order valence-corrected chi connectivity index (χ3v) is 3.51. The second-order valence-corrected chi connectivity index (χ2v) is 4.86. The van der Waals surface area contributed by atoms with Crippen molar-refractivity contribution in [1.29, 1.82) is 0 Å². The average molecular weight is 264 g/mol. The van der Waals surface area contributed by atoms with Gasteiger partial charge in [0.1, 0.15) is 5.82 Å². The summed E-state index contributed by atoms with van der Waals surface area (Å²) < 4.78 is 0. The molecule has 1 amide bonds. The molecular weight excluding hydrogens is 244 g/mol. The van der Waals surface area contributed by atoms with E-state index < -0.39 is 5.91 Å². The number of nitrogens with zero attached hydrogens (tertiary/aromatic N) is 2. The molecule has 6 heteroatoms. The number of anilines is 2. The summed E-state index contributed by atoms with van der Waals surface area (Å²) in [5.74, 6) is 0.0583. The van der Waals surface area contributed by atoms with Crippen molar-refractivity contribution in [1.82, 2.24) is 4.98 Å². The monoisotopic (exact) mass is 264 g/mol. The number of rotatable bonds is 4. The van der Waals surface area contributed by atoms with Gasteiger partial charge in [-0.25, -0.2) is 4.98 Å². The molecule has 0 aliphatic carbocycles. The minimum Gasteiger partial charge on any atom is -0.397 e. The molecule has 104 valence electrons. The molecule has 0 radical (unpaired) electrons. The number of hydrogen-bond acceptors (Lipinski definition) is 5. The first-order chi connectivity index (χ1) is 9.13. The molecule has 1 saturated heterocycles. The highest BCUT2D eigenvalue weighted by Crippen LogP contribution is 2.28. The van der Waals surface area contributed by atoms with Crippen LogP contribution in [0.1, 0.15) is 36.0 Å².